The van der Waals surface area contributed by atoms with E-state index < -0.39 is 0 Å². The molecule has 4 nitrogen and oxygen atoms in total. The number of furan rings is 1. The fourth-order valence-corrected chi connectivity index (χ4v) is 4.19. The molecule has 1 aromatic carbocycles. The van der Waals surface area contributed by atoms with E-state index in [0.717, 1.165) is 50.0 Å². The lowest BCUT2D eigenvalue weighted by Crippen LogP contribution is -2.32. The van der Waals surface area contributed by atoms with Crippen LogP contribution in [-0.2, 0) is 0 Å². The normalized spacial score (nSPS) is 24.7. The van der Waals surface area contributed by atoms with E-state index in [1.54, 1.807) is 6.07 Å². The molecule has 3 heterocycles. The Morgan fingerprint density at radius 2 is 1.96 bits per heavy atom. The van der Waals surface area contributed by atoms with E-state index in [-0.39, 0.29) is 5.91 Å². The fraction of sp³-hybridized carbons (Fsp3) is 0.500. The molecule has 23 heavy (non-hydrogen) atoms. The smallest absolute Gasteiger partial charge is 0.289 e. The number of carbonyl (C=O) groups excluding carboxylic acids is 1. The first-order valence-corrected chi connectivity index (χ1v) is 8.70. The summed E-state index contributed by atoms with van der Waals surface area (Å²) >= 11 is 6.20. The minimum atomic E-state index is 0.00250. The topological polar surface area (TPSA) is 45.5 Å². The van der Waals surface area contributed by atoms with Crippen molar-refractivity contribution in [2.75, 3.05) is 26.2 Å². The summed E-state index contributed by atoms with van der Waals surface area (Å²) in [5.74, 6) is 1.86. The summed E-state index contributed by atoms with van der Waals surface area (Å²) in [5.41, 5.74) is 1.50. The highest BCUT2D eigenvalue weighted by atomic mass is 35.5. The van der Waals surface area contributed by atoms with E-state index in [9.17, 15) is 4.79 Å². The van der Waals surface area contributed by atoms with E-state index in [2.05, 4.69) is 5.32 Å². The number of aryl methyl sites for hydroxylation is 1. The van der Waals surface area contributed by atoms with Crippen molar-refractivity contribution in [3.63, 3.8) is 0 Å². The van der Waals surface area contributed by atoms with Crippen LogP contribution in [0.1, 0.15) is 29.0 Å². The van der Waals surface area contributed by atoms with Gasteiger partial charge in [0, 0.05) is 24.0 Å². The number of nitrogens with zero attached hydrogens (tertiary/aromatic N) is 1. The molecule has 4 rings (SSSR count). The molecule has 2 atom stereocenters. The highest BCUT2D eigenvalue weighted by Crippen LogP contribution is 2.33. The van der Waals surface area contributed by atoms with Gasteiger partial charge in [-0.25, -0.2) is 0 Å². The van der Waals surface area contributed by atoms with Crippen molar-refractivity contribution in [2.45, 2.75) is 19.8 Å². The van der Waals surface area contributed by atoms with Gasteiger partial charge in [0.05, 0.1) is 5.02 Å². The Labute approximate surface area is 140 Å². The molecule has 1 amide bonds. The zero-order valence-corrected chi connectivity index (χ0v) is 14.0. The van der Waals surface area contributed by atoms with Crippen LogP contribution in [0.25, 0.3) is 11.0 Å². The van der Waals surface area contributed by atoms with Gasteiger partial charge in [0.15, 0.2) is 11.3 Å². The van der Waals surface area contributed by atoms with Crippen molar-refractivity contribution in [1.82, 2.24) is 10.2 Å². The lowest BCUT2D eigenvalue weighted by Gasteiger charge is -2.20. The lowest BCUT2D eigenvalue weighted by molar-refractivity contribution is 0.0728. The number of halogens is 1. The van der Waals surface area contributed by atoms with Crippen molar-refractivity contribution < 1.29 is 9.21 Å². The molecule has 0 aliphatic carbocycles. The molecule has 0 saturated carbocycles. The van der Waals surface area contributed by atoms with Crippen LogP contribution in [0.3, 0.4) is 0 Å². The van der Waals surface area contributed by atoms with Gasteiger partial charge >= 0.3 is 0 Å². The Morgan fingerprint density at radius 1 is 1.26 bits per heavy atom. The summed E-state index contributed by atoms with van der Waals surface area (Å²) in [6.07, 6.45) is 2.15. The van der Waals surface area contributed by atoms with Crippen LogP contribution in [-0.4, -0.2) is 37.0 Å². The van der Waals surface area contributed by atoms with Gasteiger partial charge in [0.2, 0.25) is 0 Å². The number of rotatable bonds is 1. The predicted molar refractivity (Wildman–Crippen MR) is 90.9 cm³/mol. The van der Waals surface area contributed by atoms with E-state index in [4.69, 9.17) is 16.0 Å². The number of fused-ring (bicyclic) bond motifs is 2. The third kappa shape index (κ3) is 2.54. The summed E-state index contributed by atoms with van der Waals surface area (Å²) < 4.78 is 5.84. The Hall–Kier alpha value is -1.52. The first-order chi connectivity index (χ1) is 11.1. The molecular formula is C18H21ClN2O2. The molecule has 5 heteroatoms. The van der Waals surface area contributed by atoms with E-state index in [0.29, 0.717) is 28.2 Å². The van der Waals surface area contributed by atoms with Crippen molar-refractivity contribution in [3.05, 3.63) is 34.5 Å². The summed E-state index contributed by atoms with van der Waals surface area (Å²) in [5, 5.41) is 4.95. The summed E-state index contributed by atoms with van der Waals surface area (Å²) in [4.78, 5) is 14.9. The summed E-state index contributed by atoms with van der Waals surface area (Å²) in [6, 6.07) is 5.64. The minimum Gasteiger partial charge on any atom is -0.449 e. The first-order valence-electron chi connectivity index (χ1n) is 8.32. The van der Waals surface area contributed by atoms with Gasteiger partial charge in [-0.15, -0.1) is 0 Å². The molecule has 0 bridgehead atoms. The van der Waals surface area contributed by atoms with Crippen LogP contribution in [0.4, 0.5) is 0 Å². The van der Waals surface area contributed by atoms with Gasteiger partial charge in [0.1, 0.15) is 0 Å². The highest BCUT2D eigenvalue weighted by Gasteiger charge is 2.33. The predicted octanol–water partition coefficient (Wildman–Crippen LogP) is 3.47. The maximum Gasteiger partial charge on any atom is 0.289 e. The largest absolute Gasteiger partial charge is 0.449 e. The van der Waals surface area contributed by atoms with E-state index >= 15 is 0 Å². The molecule has 2 fully saturated rings. The quantitative estimate of drug-likeness (QED) is 0.869. The van der Waals surface area contributed by atoms with Crippen molar-refractivity contribution >= 4 is 28.5 Å². The van der Waals surface area contributed by atoms with E-state index in [1.807, 2.05) is 24.0 Å². The second-order valence-electron chi connectivity index (χ2n) is 6.72. The maximum absolute atomic E-state index is 12.9. The molecular weight excluding hydrogens is 312 g/mol. The fourth-order valence-electron chi connectivity index (χ4n) is 3.98. The Kier molecular flexibility index (Phi) is 3.82. The van der Waals surface area contributed by atoms with Crippen LogP contribution < -0.4 is 5.32 Å². The minimum absolute atomic E-state index is 0.00250. The second-order valence-corrected chi connectivity index (χ2v) is 7.13. The zero-order valence-electron chi connectivity index (χ0n) is 13.3. The molecule has 2 aromatic rings. The van der Waals surface area contributed by atoms with Gasteiger partial charge in [-0.05, 0) is 50.8 Å². The lowest BCUT2D eigenvalue weighted by atomic mass is 9.92. The first kappa shape index (κ1) is 15.0. The van der Waals surface area contributed by atoms with Crippen LogP contribution in [0.2, 0.25) is 5.02 Å². The zero-order chi connectivity index (χ0) is 16.0. The maximum atomic E-state index is 12.9. The Balaban J connectivity index is 1.62. The number of benzene rings is 1. The van der Waals surface area contributed by atoms with Crippen LogP contribution >= 0.6 is 11.6 Å². The molecule has 0 unspecified atom stereocenters. The molecule has 2 aliphatic heterocycles. The molecule has 0 spiro atoms. The number of hydrogen-bond acceptors (Lipinski definition) is 3. The summed E-state index contributed by atoms with van der Waals surface area (Å²) in [6.45, 7) is 5.74. The molecule has 2 aliphatic rings. The SMILES string of the molecule is Cc1c(C(=O)N2CC[C@@H]3CNC[C@@H]3CC2)oc2c(Cl)cccc12. The monoisotopic (exact) mass is 332 g/mol. The molecule has 1 N–H and O–H groups in total. The van der Waals surface area contributed by atoms with Gasteiger partial charge < -0.3 is 14.6 Å². The molecule has 1 aromatic heterocycles. The standard InChI is InChI=1S/C18H21ClN2O2/c1-11-14-3-2-4-15(19)17(14)23-16(11)18(22)21-7-5-12-9-20-10-13(12)6-8-21/h2-4,12-13,20H,5-10H2,1H3/t12-,13+. The van der Waals surface area contributed by atoms with Crippen molar-refractivity contribution in [3.8, 4) is 0 Å². The van der Waals surface area contributed by atoms with Crippen molar-refractivity contribution in [1.29, 1.82) is 0 Å². The third-order valence-electron chi connectivity index (χ3n) is 5.42. The molecule has 122 valence electrons. The van der Waals surface area contributed by atoms with Gasteiger partial charge in [-0.2, -0.15) is 0 Å². The van der Waals surface area contributed by atoms with Gasteiger partial charge in [0.25, 0.3) is 5.91 Å². The van der Waals surface area contributed by atoms with E-state index in [1.165, 1.54) is 0 Å². The van der Waals surface area contributed by atoms with Crippen LogP contribution in [0.15, 0.2) is 22.6 Å². The average Bonchev–Trinajstić information content (AvgIpc) is 3.07. The highest BCUT2D eigenvalue weighted by molar-refractivity contribution is 6.35. The second kappa shape index (κ2) is 5.84. The number of amides is 1. The summed E-state index contributed by atoms with van der Waals surface area (Å²) in [7, 11) is 0. The van der Waals surface area contributed by atoms with Gasteiger partial charge in [-0.3, -0.25) is 4.79 Å². The molecule has 0 radical (unpaired) electrons. The molecule has 2 saturated heterocycles. The Morgan fingerprint density at radius 3 is 2.61 bits per heavy atom. The van der Waals surface area contributed by atoms with Crippen LogP contribution in [0, 0.1) is 18.8 Å². The number of para-hydroxylation sites is 1. The average molecular weight is 333 g/mol. The van der Waals surface area contributed by atoms with Crippen LogP contribution in [0.5, 0.6) is 0 Å². The number of nitrogens with one attached hydrogen (secondary N) is 1. The Bertz CT molecular complexity index is 741. The van der Waals surface area contributed by atoms with Crippen molar-refractivity contribution in [2.24, 2.45) is 11.8 Å². The number of likely N-dealkylation sites (tertiary alicyclic amines) is 1. The third-order valence-corrected chi connectivity index (χ3v) is 5.71. The van der Waals surface area contributed by atoms with Gasteiger partial charge in [-0.1, -0.05) is 23.7 Å². The number of hydrogen-bond donors (Lipinski definition) is 1. The number of carbonyl (C=O) groups is 1.